The van der Waals surface area contributed by atoms with Crippen LogP contribution in [0.4, 0.5) is 0 Å². The first kappa shape index (κ1) is 27.6. The number of aliphatic hydroxyl groups is 1. The van der Waals surface area contributed by atoms with Crippen LogP contribution in [-0.4, -0.2) is 66.0 Å². The highest BCUT2D eigenvalue weighted by Gasteiger charge is 2.46. The summed E-state index contributed by atoms with van der Waals surface area (Å²) in [6, 6.07) is 22.4. The van der Waals surface area contributed by atoms with Gasteiger partial charge in [-0.1, -0.05) is 60.2 Å². The largest absolute Gasteiger partial charge is 0.507 e. The van der Waals surface area contributed by atoms with Crippen molar-refractivity contribution in [1.82, 2.24) is 9.80 Å². The van der Waals surface area contributed by atoms with Gasteiger partial charge in [0.2, 0.25) is 0 Å². The SMILES string of the molecule is Cc1ccc(C)c(C(O)=C2C(=O)C(=O)N(CCCN3CCOCC3)C2c2ccc(OCc3ccccc3)cc2)c1. The molecule has 2 aliphatic heterocycles. The highest BCUT2D eigenvalue weighted by molar-refractivity contribution is 6.46. The number of nitrogens with zero attached hydrogens (tertiary/aromatic N) is 2. The van der Waals surface area contributed by atoms with Gasteiger partial charge in [-0.15, -0.1) is 0 Å². The number of hydrogen-bond donors (Lipinski definition) is 1. The second-order valence-electron chi connectivity index (χ2n) is 10.5. The molecule has 208 valence electrons. The molecule has 0 spiro atoms. The highest BCUT2D eigenvalue weighted by atomic mass is 16.5. The van der Waals surface area contributed by atoms with Crippen LogP contribution in [0.3, 0.4) is 0 Å². The predicted octanol–water partition coefficient (Wildman–Crippen LogP) is 5.03. The van der Waals surface area contributed by atoms with Crippen LogP contribution in [0.5, 0.6) is 5.75 Å². The van der Waals surface area contributed by atoms with Gasteiger partial charge in [0.15, 0.2) is 0 Å². The van der Waals surface area contributed by atoms with Gasteiger partial charge < -0.3 is 19.5 Å². The smallest absolute Gasteiger partial charge is 0.295 e. The Morgan fingerprint density at radius 2 is 1.68 bits per heavy atom. The van der Waals surface area contributed by atoms with Gasteiger partial charge in [0.1, 0.15) is 18.1 Å². The number of carbonyl (C=O) groups is 2. The maximum Gasteiger partial charge on any atom is 0.295 e. The standard InChI is InChI=1S/C33H36N2O5/c1-23-9-10-24(2)28(21-23)31(36)29-30(26-11-13-27(14-12-26)40-22-25-7-4-3-5-8-25)35(33(38)32(29)37)16-6-15-34-17-19-39-20-18-34/h3-5,7-14,21,30,36H,6,15-20,22H2,1-2H3. The fraction of sp³-hybridized carbons (Fsp3) is 0.333. The molecule has 7 nitrogen and oxygen atoms in total. The minimum Gasteiger partial charge on any atom is -0.507 e. The van der Waals surface area contributed by atoms with Crippen LogP contribution in [0.1, 0.15) is 40.3 Å². The van der Waals surface area contributed by atoms with Gasteiger partial charge >= 0.3 is 0 Å². The third kappa shape index (κ3) is 6.11. The summed E-state index contributed by atoms with van der Waals surface area (Å²) in [4.78, 5) is 30.7. The second-order valence-corrected chi connectivity index (χ2v) is 10.5. The fourth-order valence-electron chi connectivity index (χ4n) is 5.37. The van der Waals surface area contributed by atoms with Crippen molar-refractivity contribution in [3.63, 3.8) is 0 Å². The summed E-state index contributed by atoms with van der Waals surface area (Å²) in [7, 11) is 0. The van der Waals surface area contributed by atoms with Gasteiger partial charge in [-0.3, -0.25) is 14.5 Å². The molecule has 1 amide bonds. The van der Waals surface area contributed by atoms with E-state index >= 15 is 0 Å². The summed E-state index contributed by atoms with van der Waals surface area (Å²) in [6.45, 7) is 8.61. The van der Waals surface area contributed by atoms with E-state index in [0.717, 1.165) is 41.9 Å². The van der Waals surface area contributed by atoms with Crippen molar-refractivity contribution in [2.45, 2.75) is 32.9 Å². The number of ether oxygens (including phenoxy) is 2. The average Bonchev–Trinajstić information content (AvgIpc) is 3.23. The zero-order valence-corrected chi connectivity index (χ0v) is 23.1. The van der Waals surface area contributed by atoms with E-state index in [9.17, 15) is 14.7 Å². The Labute approximate surface area is 235 Å². The van der Waals surface area contributed by atoms with Crippen LogP contribution < -0.4 is 4.74 Å². The molecule has 1 atom stereocenters. The zero-order valence-electron chi connectivity index (χ0n) is 23.1. The first-order valence-corrected chi connectivity index (χ1v) is 13.8. The molecule has 2 aliphatic rings. The molecular formula is C33H36N2O5. The number of morpholine rings is 1. The second kappa shape index (κ2) is 12.5. The summed E-state index contributed by atoms with van der Waals surface area (Å²) in [5.74, 6) is -0.682. The van der Waals surface area contributed by atoms with Crippen LogP contribution in [0.2, 0.25) is 0 Å². The van der Waals surface area contributed by atoms with Crippen LogP contribution in [0, 0.1) is 13.8 Å². The van der Waals surface area contributed by atoms with Crippen molar-refractivity contribution in [2.24, 2.45) is 0 Å². The average molecular weight is 541 g/mol. The number of hydrogen-bond acceptors (Lipinski definition) is 6. The van der Waals surface area contributed by atoms with Crippen molar-refractivity contribution in [3.05, 3.63) is 106 Å². The quantitative estimate of drug-likeness (QED) is 0.233. The molecule has 2 fully saturated rings. The van der Waals surface area contributed by atoms with Crippen molar-refractivity contribution in [3.8, 4) is 5.75 Å². The fourth-order valence-corrected chi connectivity index (χ4v) is 5.37. The molecule has 5 rings (SSSR count). The molecule has 40 heavy (non-hydrogen) atoms. The predicted molar refractivity (Wildman–Crippen MR) is 154 cm³/mol. The van der Waals surface area contributed by atoms with Crippen LogP contribution >= 0.6 is 0 Å². The molecule has 0 radical (unpaired) electrons. The van der Waals surface area contributed by atoms with E-state index in [-0.39, 0.29) is 11.3 Å². The van der Waals surface area contributed by atoms with Crippen molar-refractivity contribution in [2.75, 3.05) is 39.4 Å². The van der Waals surface area contributed by atoms with Gasteiger partial charge in [-0.2, -0.15) is 0 Å². The third-order valence-electron chi connectivity index (χ3n) is 7.61. The Hall–Kier alpha value is -3.94. The number of rotatable bonds is 9. The highest BCUT2D eigenvalue weighted by Crippen LogP contribution is 2.40. The number of Topliss-reactive ketones (excluding diaryl/α,β-unsaturated/α-hetero) is 1. The molecule has 7 heteroatoms. The van der Waals surface area contributed by atoms with Gasteiger partial charge in [-0.25, -0.2) is 0 Å². The molecule has 0 aliphatic carbocycles. The van der Waals surface area contributed by atoms with E-state index in [4.69, 9.17) is 9.47 Å². The first-order chi connectivity index (χ1) is 19.4. The molecule has 1 unspecified atom stereocenters. The van der Waals surface area contributed by atoms with E-state index in [0.29, 0.717) is 44.1 Å². The Balaban J connectivity index is 1.44. The summed E-state index contributed by atoms with van der Waals surface area (Å²) in [6.07, 6.45) is 0.714. The van der Waals surface area contributed by atoms with Crippen LogP contribution in [-0.2, 0) is 20.9 Å². The number of aryl methyl sites for hydroxylation is 2. The summed E-state index contributed by atoms with van der Waals surface area (Å²) in [5, 5.41) is 11.5. The van der Waals surface area contributed by atoms with Gasteiger partial charge in [0.25, 0.3) is 11.7 Å². The number of carbonyl (C=O) groups excluding carboxylic acids is 2. The van der Waals surface area contributed by atoms with E-state index in [1.807, 2.05) is 86.6 Å². The molecule has 3 aromatic carbocycles. The Bertz CT molecular complexity index is 1380. The molecule has 2 saturated heterocycles. The van der Waals surface area contributed by atoms with Crippen molar-refractivity contribution >= 4 is 17.4 Å². The van der Waals surface area contributed by atoms with E-state index in [2.05, 4.69) is 4.90 Å². The molecule has 0 saturated carbocycles. The molecule has 3 aromatic rings. The number of aliphatic hydroxyl groups excluding tert-OH is 1. The lowest BCUT2D eigenvalue weighted by atomic mass is 9.93. The van der Waals surface area contributed by atoms with E-state index in [1.54, 1.807) is 4.90 Å². The van der Waals surface area contributed by atoms with Gasteiger partial charge in [0, 0.05) is 31.7 Å². The summed E-state index contributed by atoms with van der Waals surface area (Å²) < 4.78 is 11.4. The van der Waals surface area contributed by atoms with Crippen molar-refractivity contribution in [1.29, 1.82) is 0 Å². The third-order valence-corrected chi connectivity index (χ3v) is 7.61. The Kier molecular flexibility index (Phi) is 8.63. The van der Waals surface area contributed by atoms with Gasteiger partial charge in [-0.05, 0) is 55.2 Å². The Morgan fingerprint density at radius 3 is 2.40 bits per heavy atom. The zero-order chi connectivity index (χ0) is 28.1. The van der Waals surface area contributed by atoms with Crippen molar-refractivity contribution < 1.29 is 24.2 Å². The molecule has 2 heterocycles. The lowest BCUT2D eigenvalue weighted by Gasteiger charge is -2.29. The Morgan fingerprint density at radius 1 is 0.950 bits per heavy atom. The van der Waals surface area contributed by atoms with Crippen LogP contribution in [0.25, 0.3) is 5.76 Å². The summed E-state index contributed by atoms with van der Waals surface area (Å²) >= 11 is 0. The monoisotopic (exact) mass is 540 g/mol. The minimum absolute atomic E-state index is 0.128. The van der Waals surface area contributed by atoms with Gasteiger partial charge in [0.05, 0.1) is 24.8 Å². The lowest BCUT2D eigenvalue weighted by Crippen LogP contribution is -2.38. The van der Waals surface area contributed by atoms with E-state index in [1.165, 1.54) is 0 Å². The maximum atomic E-state index is 13.4. The maximum absolute atomic E-state index is 13.4. The molecule has 0 bridgehead atoms. The number of amides is 1. The normalized spacial score (nSPS) is 19.2. The lowest BCUT2D eigenvalue weighted by molar-refractivity contribution is -0.140. The number of benzene rings is 3. The number of likely N-dealkylation sites (tertiary alicyclic amines) is 1. The first-order valence-electron chi connectivity index (χ1n) is 13.8. The van der Waals surface area contributed by atoms with E-state index < -0.39 is 17.7 Å². The minimum atomic E-state index is -0.687. The summed E-state index contributed by atoms with van der Waals surface area (Å²) in [5.41, 5.74) is 4.31. The number of ketones is 1. The molecular weight excluding hydrogens is 504 g/mol. The molecule has 1 N–H and O–H groups in total. The topological polar surface area (TPSA) is 79.3 Å². The van der Waals surface area contributed by atoms with Crippen LogP contribution in [0.15, 0.2) is 78.4 Å². The molecule has 0 aromatic heterocycles.